The molecule has 0 aliphatic heterocycles. The molecule has 0 aromatic carbocycles. The maximum absolute atomic E-state index is 11.6. The molecular formula is C16H20N2O4S. The van der Waals surface area contributed by atoms with Gasteiger partial charge in [-0.15, -0.1) is 0 Å². The van der Waals surface area contributed by atoms with Crippen LogP contribution in [-0.4, -0.2) is 29.1 Å². The first-order valence-electron chi connectivity index (χ1n) is 7.42. The molecule has 124 valence electrons. The summed E-state index contributed by atoms with van der Waals surface area (Å²) in [6.07, 6.45) is 3.48. The third-order valence-electron chi connectivity index (χ3n) is 3.10. The number of thiocarbonyl (C=S) groups is 1. The summed E-state index contributed by atoms with van der Waals surface area (Å²) in [5.41, 5.74) is 0. The van der Waals surface area contributed by atoms with Crippen LogP contribution >= 0.6 is 12.2 Å². The van der Waals surface area contributed by atoms with Gasteiger partial charge in [0.2, 0.25) is 0 Å². The molecule has 23 heavy (non-hydrogen) atoms. The summed E-state index contributed by atoms with van der Waals surface area (Å²) in [4.78, 5) is 13.4. The number of nitrogens with zero attached hydrogens (tertiary/aromatic N) is 1. The minimum Gasteiger partial charge on any atom is -0.467 e. The van der Waals surface area contributed by atoms with Crippen molar-refractivity contribution in [3.63, 3.8) is 0 Å². The van der Waals surface area contributed by atoms with Gasteiger partial charge >= 0.3 is 5.97 Å². The highest BCUT2D eigenvalue weighted by molar-refractivity contribution is 7.80. The molecule has 2 rings (SSSR count). The molecule has 0 atom stereocenters. The molecule has 1 N–H and O–H groups in total. The van der Waals surface area contributed by atoms with Crippen molar-refractivity contribution in [3.8, 4) is 0 Å². The van der Waals surface area contributed by atoms with Gasteiger partial charge in [0, 0.05) is 6.54 Å². The first-order chi connectivity index (χ1) is 11.2. The third kappa shape index (κ3) is 5.78. The van der Waals surface area contributed by atoms with Crippen LogP contribution in [0.4, 0.5) is 0 Å². The van der Waals surface area contributed by atoms with E-state index in [1.807, 2.05) is 29.2 Å². The van der Waals surface area contributed by atoms with Crippen LogP contribution in [0.3, 0.4) is 0 Å². The number of esters is 1. The Morgan fingerprint density at radius 2 is 1.96 bits per heavy atom. The predicted octanol–water partition coefficient (Wildman–Crippen LogP) is 2.70. The van der Waals surface area contributed by atoms with Gasteiger partial charge in [-0.1, -0.05) is 0 Å². The van der Waals surface area contributed by atoms with Crippen LogP contribution in [0.5, 0.6) is 0 Å². The smallest absolute Gasteiger partial charge is 0.307 e. The van der Waals surface area contributed by atoms with Crippen molar-refractivity contribution in [1.29, 1.82) is 0 Å². The molecule has 0 radical (unpaired) electrons. The normalized spacial score (nSPS) is 10.3. The van der Waals surface area contributed by atoms with E-state index in [0.717, 1.165) is 11.5 Å². The molecule has 0 fully saturated rings. The minimum atomic E-state index is -0.245. The maximum atomic E-state index is 11.6. The number of ether oxygens (including phenoxy) is 1. The third-order valence-corrected chi connectivity index (χ3v) is 3.50. The van der Waals surface area contributed by atoms with Crippen molar-refractivity contribution < 1.29 is 18.4 Å². The Balaban J connectivity index is 1.90. The fourth-order valence-corrected chi connectivity index (χ4v) is 2.22. The zero-order valence-electron chi connectivity index (χ0n) is 13.0. The fraction of sp³-hybridized carbons (Fsp3) is 0.375. The predicted molar refractivity (Wildman–Crippen MR) is 88.5 cm³/mol. The van der Waals surface area contributed by atoms with Crippen molar-refractivity contribution in [2.24, 2.45) is 0 Å². The molecule has 2 aromatic rings. The number of nitrogens with one attached hydrogen (secondary N) is 1. The molecule has 0 aliphatic rings. The summed E-state index contributed by atoms with van der Waals surface area (Å²) in [6, 6.07) is 7.37. The molecule has 7 heteroatoms. The monoisotopic (exact) mass is 336 g/mol. The molecule has 0 amide bonds. The Bertz CT molecular complexity index is 596. The van der Waals surface area contributed by atoms with Gasteiger partial charge in [0.25, 0.3) is 0 Å². The van der Waals surface area contributed by atoms with Gasteiger partial charge in [-0.05, 0) is 43.4 Å². The van der Waals surface area contributed by atoms with Crippen LogP contribution in [0.15, 0.2) is 45.6 Å². The largest absolute Gasteiger partial charge is 0.467 e. The SMILES string of the molecule is CCOC(=O)CCN(Cc1ccco1)C(=S)NCc1ccco1. The van der Waals surface area contributed by atoms with Crippen LogP contribution in [0.25, 0.3) is 0 Å². The second-order valence-corrected chi connectivity index (χ2v) is 5.18. The van der Waals surface area contributed by atoms with Gasteiger partial charge < -0.3 is 23.8 Å². The lowest BCUT2D eigenvalue weighted by Crippen LogP contribution is -2.40. The minimum absolute atomic E-state index is 0.245. The van der Waals surface area contributed by atoms with E-state index in [9.17, 15) is 4.79 Å². The lowest BCUT2D eigenvalue weighted by atomic mass is 10.3. The van der Waals surface area contributed by atoms with Gasteiger partial charge in [-0.2, -0.15) is 0 Å². The van der Waals surface area contributed by atoms with Crippen LogP contribution in [0.2, 0.25) is 0 Å². The molecule has 0 spiro atoms. The van der Waals surface area contributed by atoms with Crippen LogP contribution in [0, 0.1) is 0 Å². The Kier molecular flexibility index (Phi) is 6.68. The molecule has 2 heterocycles. The Hall–Kier alpha value is -2.28. The fourth-order valence-electron chi connectivity index (χ4n) is 1.99. The van der Waals surface area contributed by atoms with Crippen molar-refractivity contribution >= 4 is 23.3 Å². The Labute approximate surface area is 140 Å². The summed E-state index contributed by atoms with van der Waals surface area (Å²) in [7, 11) is 0. The van der Waals surface area contributed by atoms with E-state index in [-0.39, 0.29) is 12.4 Å². The molecule has 0 saturated carbocycles. The Morgan fingerprint density at radius 3 is 2.57 bits per heavy atom. The van der Waals surface area contributed by atoms with Crippen LogP contribution < -0.4 is 5.32 Å². The van der Waals surface area contributed by atoms with E-state index in [2.05, 4.69) is 5.32 Å². The summed E-state index contributed by atoms with van der Waals surface area (Å²) in [6.45, 7) is 3.58. The highest BCUT2D eigenvalue weighted by Gasteiger charge is 2.14. The van der Waals surface area contributed by atoms with E-state index in [1.54, 1.807) is 19.5 Å². The molecule has 6 nitrogen and oxygen atoms in total. The topological polar surface area (TPSA) is 67.8 Å². The first kappa shape index (κ1) is 17.1. The van der Waals surface area contributed by atoms with E-state index in [4.69, 9.17) is 25.8 Å². The standard InChI is InChI=1S/C16H20N2O4S/c1-2-20-15(19)7-8-18(12-14-6-4-10-22-14)16(23)17-11-13-5-3-9-21-13/h3-6,9-10H,2,7-8,11-12H2,1H3,(H,17,23). The number of rotatable bonds is 8. The molecular weight excluding hydrogens is 316 g/mol. The van der Waals surface area contributed by atoms with E-state index in [0.29, 0.717) is 31.4 Å². The van der Waals surface area contributed by atoms with Crippen molar-refractivity contribution in [2.45, 2.75) is 26.4 Å². The summed E-state index contributed by atoms with van der Waals surface area (Å²) >= 11 is 5.42. The quantitative estimate of drug-likeness (QED) is 0.587. The molecule has 0 bridgehead atoms. The van der Waals surface area contributed by atoms with E-state index in [1.165, 1.54) is 0 Å². The number of hydrogen-bond donors (Lipinski definition) is 1. The lowest BCUT2D eigenvalue weighted by Gasteiger charge is -2.24. The van der Waals surface area contributed by atoms with Gasteiger partial charge in [0.05, 0.1) is 38.6 Å². The molecule has 2 aromatic heterocycles. The van der Waals surface area contributed by atoms with E-state index < -0.39 is 0 Å². The molecule has 0 saturated heterocycles. The van der Waals surface area contributed by atoms with Gasteiger partial charge in [0.15, 0.2) is 5.11 Å². The highest BCUT2D eigenvalue weighted by atomic mass is 32.1. The lowest BCUT2D eigenvalue weighted by molar-refractivity contribution is -0.143. The zero-order chi connectivity index (χ0) is 16.5. The van der Waals surface area contributed by atoms with Crippen LogP contribution in [-0.2, 0) is 22.6 Å². The van der Waals surface area contributed by atoms with Crippen LogP contribution in [0.1, 0.15) is 24.9 Å². The maximum Gasteiger partial charge on any atom is 0.307 e. The molecule has 0 unspecified atom stereocenters. The number of carbonyl (C=O) groups excluding carboxylic acids is 1. The van der Waals surface area contributed by atoms with Gasteiger partial charge in [0.1, 0.15) is 11.5 Å². The summed E-state index contributed by atoms with van der Waals surface area (Å²) in [5.74, 6) is 1.32. The van der Waals surface area contributed by atoms with E-state index >= 15 is 0 Å². The summed E-state index contributed by atoms with van der Waals surface area (Å²) in [5, 5.41) is 3.65. The average molecular weight is 336 g/mol. The van der Waals surface area contributed by atoms with Crippen molar-refractivity contribution in [1.82, 2.24) is 10.2 Å². The highest BCUT2D eigenvalue weighted by Crippen LogP contribution is 2.08. The molecule has 0 aliphatic carbocycles. The number of carbonyl (C=O) groups is 1. The second-order valence-electron chi connectivity index (χ2n) is 4.79. The van der Waals surface area contributed by atoms with Crippen molar-refractivity contribution in [3.05, 3.63) is 48.3 Å². The second kappa shape index (κ2) is 8.99. The first-order valence-corrected chi connectivity index (χ1v) is 7.83. The number of hydrogen-bond acceptors (Lipinski definition) is 5. The zero-order valence-corrected chi connectivity index (χ0v) is 13.8. The Morgan fingerprint density at radius 1 is 1.26 bits per heavy atom. The van der Waals surface area contributed by atoms with Gasteiger partial charge in [-0.3, -0.25) is 4.79 Å². The number of furan rings is 2. The van der Waals surface area contributed by atoms with Gasteiger partial charge in [-0.25, -0.2) is 0 Å². The summed E-state index contributed by atoms with van der Waals surface area (Å²) < 4.78 is 15.6. The average Bonchev–Trinajstić information content (AvgIpc) is 3.22. The van der Waals surface area contributed by atoms with Crippen molar-refractivity contribution in [2.75, 3.05) is 13.2 Å².